The number of rotatable bonds is 5. The van der Waals surface area contributed by atoms with Gasteiger partial charge in [0, 0.05) is 23.9 Å². The second-order valence-electron chi connectivity index (χ2n) is 4.96. The lowest BCUT2D eigenvalue weighted by Gasteiger charge is -2.22. The Hall–Kier alpha value is -0.220. The number of carbonyl (C=O) groups excluding carboxylic acids is 1. The van der Waals surface area contributed by atoms with Gasteiger partial charge in [-0.15, -0.1) is 0 Å². The Morgan fingerprint density at radius 1 is 1.56 bits per heavy atom. The monoisotopic (exact) mass is 242 g/mol. The fourth-order valence-electron chi connectivity index (χ4n) is 2.80. The van der Waals surface area contributed by atoms with E-state index in [1.165, 1.54) is 12.8 Å². The molecule has 2 saturated heterocycles. The van der Waals surface area contributed by atoms with Gasteiger partial charge in [0.15, 0.2) is 0 Å². The maximum Gasteiger partial charge on any atom is 0.224 e. The molecule has 1 amide bonds. The van der Waals surface area contributed by atoms with Crippen molar-refractivity contribution >= 4 is 17.7 Å². The van der Waals surface area contributed by atoms with Crippen LogP contribution >= 0.6 is 11.8 Å². The van der Waals surface area contributed by atoms with E-state index in [4.69, 9.17) is 0 Å². The summed E-state index contributed by atoms with van der Waals surface area (Å²) >= 11 is 1.89. The van der Waals surface area contributed by atoms with Crippen molar-refractivity contribution in [2.45, 2.75) is 51.2 Å². The third-order valence-corrected chi connectivity index (χ3v) is 4.74. The fraction of sp³-hybridized carbons (Fsp3) is 0.917. The third-order valence-electron chi connectivity index (χ3n) is 3.60. The lowest BCUT2D eigenvalue weighted by atomic mass is 9.88. The van der Waals surface area contributed by atoms with Gasteiger partial charge in [-0.25, -0.2) is 0 Å². The molecule has 0 aromatic carbocycles. The van der Waals surface area contributed by atoms with Crippen LogP contribution in [0.4, 0.5) is 0 Å². The fourth-order valence-corrected chi connectivity index (χ4v) is 3.47. The maximum atomic E-state index is 12.0. The van der Waals surface area contributed by atoms with Crippen LogP contribution < -0.4 is 10.6 Å². The molecule has 92 valence electrons. The Labute approximate surface area is 102 Å². The highest BCUT2D eigenvalue weighted by molar-refractivity contribution is 7.99. The molecule has 0 spiro atoms. The van der Waals surface area contributed by atoms with Crippen LogP contribution in [-0.4, -0.2) is 35.5 Å². The van der Waals surface area contributed by atoms with Gasteiger partial charge in [-0.1, -0.05) is 6.92 Å². The summed E-state index contributed by atoms with van der Waals surface area (Å²) in [6.07, 6.45) is 3.49. The Bertz CT molecular complexity index is 259. The van der Waals surface area contributed by atoms with E-state index in [1.54, 1.807) is 0 Å². The molecule has 2 aliphatic heterocycles. The van der Waals surface area contributed by atoms with E-state index >= 15 is 0 Å². The SMILES string of the molecule is CCSCC(C)NC(=O)C1CC2CCC1N2. The van der Waals surface area contributed by atoms with Gasteiger partial charge in [0.05, 0.1) is 5.92 Å². The summed E-state index contributed by atoms with van der Waals surface area (Å²) in [4.78, 5) is 12.0. The molecule has 2 bridgehead atoms. The summed E-state index contributed by atoms with van der Waals surface area (Å²) in [5.74, 6) is 2.64. The van der Waals surface area contributed by atoms with Crippen LogP contribution in [0, 0.1) is 5.92 Å². The average Bonchev–Trinajstić information content (AvgIpc) is 2.87. The predicted molar refractivity (Wildman–Crippen MR) is 68.7 cm³/mol. The van der Waals surface area contributed by atoms with Gasteiger partial charge in [-0.05, 0) is 31.9 Å². The first kappa shape index (κ1) is 12.2. The zero-order valence-electron chi connectivity index (χ0n) is 10.2. The zero-order chi connectivity index (χ0) is 11.5. The average molecular weight is 242 g/mol. The lowest BCUT2D eigenvalue weighted by Crippen LogP contribution is -2.42. The maximum absolute atomic E-state index is 12.0. The van der Waals surface area contributed by atoms with E-state index in [0.717, 1.165) is 17.9 Å². The van der Waals surface area contributed by atoms with Gasteiger partial charge in [0.25, 0.3) is 0 Å². The topological polar surface area (TPSA) is 41.1 Å². The summed E-state index contributed by atoms with van der Waals surface area (Å²) < 4.78 is 0. The molecule has 0 aromatic rings. The molecule has 2 rings (SSSR count). The van der Waals surface area contributed by atoms with E-state index < -0.39 is 0 Å². The van der Waals surface area contributed by atoms with Crippen LogP contribution in [0.5, 0.6) is 0 Å². The molecule has 16 heavy (non-hydrogen) atoms. The molecule has 4 heteroatoms. The molecule has 3 nitrogen and oxygen atoms in total. The minimum absolute atomic E-state index is 0.229. The van der Waals surface area contributed by atoms with Crippen LogP contribution in [0.3, 0.4) is 0 Å². The van der Waals surface area contributed by atoms with Crippen molar-refractivity contribution in [2.75, 3.05) is 11.5 Å². The highest BCUT2D eigenvalue weighted by atomic mass is 32.2. The molecule has 0 saturated carbocycles. The highest BCUT2D eigenvalue weighted by Crippen LogP contribution is 2.33. The van der Waals surface area contributed by atoms with E-state index in [0.29, 0.717) is 18.1 Å². The highest BCUT2D eigenvalue weighted by Gasteiger charge is 2.42. The van der Waals surface area contributed by atoms with Crippen LogP contribution in [0.1, 0.15) is 33.1 Å². The predicted octanol–water partition coefficient (Wildman–Crippen LogP) is 1.38. The van der Waals surface area contributed by atoms with Gasteiger partial charge in [0.2, 0.25) is 5.91 Å². The number of thioether (sulfide) groups is 1. The number of fused-ring (bicyclic) bond motifs is 2. The van der Waals surface area contributed by atoms with E-state index in [-0.39, 0.29) is 11.8 Å². The Morgan fingerprint density at radius 3 is 2.94 bits per heavy atom. The molecule has 0 aliphatic carbocycles. The molecule has 4 unspecified atom stereocenters. The number of carbonyl (C=O) groups is 1. The minimum atomic E-state index is 0.229. The van der Waals surface area contributed by atoms with Gasteiger partial charge < -0.3 is 10.6 Å². The summed E-state index contributed by atoms with van der Waals surface area (Å²) in [7, 11) is 0. The van der Waals surface area contributed by atoms with Gasteiger partial charge in [-0.3, -0.25) is 4.79 Å². The lowest BCUT2D eigenvalue weighted by molar-refractivity contribution is -0.126. The van der Waals surface area contributed by atoms with Crippen molar-refractivity contribution in [3.8, 4) is 0 Å². The molecule has 0 aromatic heterocycles. The molecule has 0 radical (unpaired) electrons. The van der Waals surface area contributed by atoms with Crippen LogP contribution in [-0.2, 0) is 4.79 Å². The van der Waals surface area contributed by atoms with Crippen molar-refractivity contribution in [3.05, 3.63) is 0 Å². The molecule has 2 heterocycles. The third kappa shape index (κ3) is 2.72. The normalized spacial score (nSPS) is 34.0. The van der Waals surface area contributed by atoms with E-state index in [9.17, 15) is 4.79 Å². The second-order valence-corrected chi connectivity index (χ2v) is 6.28. The minimum Gasteiger partial charge on any atom is -0.353 e. The standard InChI is InChI=1S/C12H22N2OS/c1-3-16-7-8(2)13-12(15)10-6-9-4-5-11(10)14-9/h8-11,14H,3-7H2,1-2H3,(H,13,15). The van der Waals surface area contributed by atoms with Crippen molar-refractivity contribution in [1.82, 2.24) is 10.6 Å². The van der Waals surface area contributed by atoms with Gasteiger partial charge in [-0.2, -0.15) is 11.8 Å². The van der Waals surface area contributed by atoms with Crippen molar-refractivity contribution in [3.63, 3.8) is 0 Å². The van der Waals surface area contributed by atoms with Crippen molar-refractivity contribution < 1.29 is 4.79 Å². The molecule has 4 atom stereocenters. The second kappa shape index (κ2) is 5.41. The smallest absolute Gasteiger partial charge is 0.224 e. The molecular formula is C12H22N2OS. The van der Waals surface area contributed by atoms with Crippen molar-refractivity contribution in [2.24, 2.45) is 5.92 Å². The number of amides is 1. The zero-order valence-corrected chi connectivity index (χ0v) is 11.0. The first-order valence-electron chi connectivity index (χ1n) is 6.35. The van der Waals surface area contributed by atoms with Crippen molar-refractivity contribution in [1.29, 1.82) is 0 Å². The summed E-state index contributed by atoms with van der Waals surface area (Å²) in [6.45, 7) is 4.25. The number of hydrogen-bond donors (Lipinski definition) is 2. The van der Waals surface area contributed by atoms with Crippen LogP contribution in [0.25, 0.3) is 0 Å². The quantitative estimate of drug-likeness (QED) is 0.765. The van der Waals surface area contributed by atoms with Gasteiger partial charge >= 0.3 is 0 Å². The molecule has 2 aliphatic rings. The van der Waals surface area contributed by atoms with E-state index in [2.05, 4.69) is 24.5 Å². The summed E-state index contributed by atoms with van der Waals surface area (Å²) in [5, 5.41) is 6.65. The number of hydrogen-bond acceptors (Lipinski definition) is 3. The van der Waals surface area contributed by atoms with Gasteiger partial charge in [0.1, 0.15) is 0 Å². The molecule has 2 N–H and O–H groups in total. The molecular weight excluding hydrogens is 220 g/mol. The van der Waals surface area contributed by atoms with Crippen LogP contribution in [0.2, 0.25) is 0 Å². The Kier molecular flexibility index (Phi) is 4.14. The van der Waals surface area contributed by atoms with E-state index in [1.807, 2.05) is 11.8 Å². The first-order valence-corrected chi connectivity index (χ1v) is 7.50. The first-order chi connectivity index (χ1) is 7.70. The number of nitrogens with one attached hydrogen (secondary N) is 2. The largest absolute Gasteiger partial charge is 0.353 e. The Morgan fingerprint density at radius 2 is 2.38 bits per heavy atom. The summed E-state index contributed by atoms with van der Waals surface area (Å²) in [5.41, 5.74) is 0. The Balaban J connectivity index is 1.75. The van der Waals surface area contributed by atoms with Crippen LogP contribution in [0.15, 0.2) is 0 Å². The summed E-state index contributed by atoms with van der Waals surface area (Å²) in [6, 6.07) is 1.37. The molecule has 2 fully saturated rings.